The Morgan fingerprint density at radius 3 is 2.63 bits per heavy atom. The topological polar surface area (TPSA) is 75.4 Å². The Hall–Kier alpha value is -1.75. The molecule has 5 nitrogen and oxygen atoms in total. The summed E-state index contributed by atoms with van der Waals surface area (Å²) in [6.07, 6.45) is 2.07. The normalized spacial score (nSPS) is 14.5. The Balaban J connectivity index is 1.90. The molecule has 0 saturated carbocycles. The summed E-state index contributed by atoms with van der Waals surface area (Å²) in [4.78, 5) is 25.4. The van der Waals surface area contributed by atoms with Gasteiger partial charge < -0.3 is 16.0 Å². The molecular formula is C13H16ClN3O2. The lowest BCUT2D eigenvalue weighted by Gasteiger charge is -2.15. The fourth-order valence-corrected chi connectivity index (χ4v) is 2.19. The number of benzene rings is 1. The second-order valence-electron chi connectivity index (χ2n) is 4.51. The molecule has 0 aromatic heterocycles. The first-order valence-corrected chi connectivity index (χ1v) is 6.57. The predicted molar refractivity (Wildman–Crippen MR) is 74.0 cm³/mol. The highest BCUT2D eigenvalue weighted by atomic mass is 35.5. The summed E-state index contributed by atoms with van der Waals surface area (Å²) in [6.45, 7) is 1.58. The third kappa shape index (κ3) is 3.38. The molecule has 0 aliphatic carbocycles. The van der Waals surface area contributed by atoms with Crippen molar-refractivity contribution < 1.29 is 9.59 Å². The van der Waals surface area contributed by atoms with Crippen molar-refractivity contribution in [3.63, 3.8) is 0 Å². The van der Waals surface area contributed by atoms with Crippen LogP contribution in [0.2, 0.25) is 5.02 Å². The Morgan fingerprint density at radius 1 is 1.32 bits per heavy atom. The zero-order chi connectivity index (χ0) is 13.8. The van der Waals surface area contributed by atoms with Crippen molar-refractivity contribution in [2.24, 2.45) is 0 Å². The molecule has 1 fully saturated rings. The average molecular weight is 282 g/mol. The van der Waals surface area contributed by atoms with E-state index in [1.165, 1.54) is 6.07 Å². The molecule has 0 radical (unpaired) electrons. The molecule has 1 aliphatic rings. The summed E-state index contributed by atoms with van der Waals surface area (Å²) in [7, 11) is 0. The molecule has 0 spiro atoms. The molecule has 1 aliphatic heterocycles. The van der Waals surface area contributed by atoms with Gasteiger partial charge in [0, 0.05) is 18.7 Å². The quantitative estimate of drug-likeness (QED) is 0.820. The smallest absolute Gasteiger partial charge is 0.251 e. The molecule has 2 rings (SSSR count). The van der Waals surface area contributed by atoms with E-state index >= 15 is 0 Å². The molecule has 2 amide bonds. The minimum absolute atomic E-state index is 0.0147. The van der Waals surface area contributed by atoms with Crippen molar-refractivity contribution in [3.8, 4) is 0 Å². The molecular weight excluding hydrogens is 266 g/mol. The Kier molecular flexibility index (Phi) is 4.27. The second-order valence-corrected chi connectivity index (χ2v) is 4.91. The first-order chi connectivity index (χ1) is 9.08. The highest BCUT2D eigenvalue weighted by Crippen LogP contribution is 2.19. The molecule has 102 valence electrons. The van der Waals surface area contributed by atoms with Gasteiger partial charge in [-0.05, 0) is 31.0 Å². The number of nitrogens with one attached hydrogen (secondary N) is 1. The van der Waals surface area contributed by atoms with Crippen LogP contribution >= 0.6 is 11.6 Å². The number of halogens is 1. The van der Waals surface area contributed by atoms with Crippen LogP contribution in [-0.2, 0) is 4.79 Å². The minimum atomic E-state index is -0.325. The number of hydrogen-bond acceptors (Lipinski definition) is 3. The van der Waals surface area contributed by atoms with Gasteiger partial charge in [0.15, 0.2) is 0 Å². The van der Waals surface area contributed by atoms with Crippen LogP contribution in [0, 0.1) is 0 Å². The maximum atomic E-state index is 11.8. The molecule has 0 bridgehead atoms. The first-order valence-electron chi connectivity index (χ1n) is 6.19. The van der Waals surface area contributed by atoms with Gasteiger partial charge >= 0.3 is 0 Å². The lowest BCUT2D eigenvalue weighted by molar-refractivity contribution is -0.129. The van der Waals surface area contributed by atoms with Gasteiger partial charge in [0.1, 0.15) is 0 Å². The molecule has 6 heteroatoms. The molecule has 0 unspecified atom stereocenters. The third-order valence-corrected chi connectivity index (χ3v) is 3.45. The maximum Gasteiger partial charge on any atom is 0.251 e. The fraction of sp³-hybridized carbons (Fsp3) is 0.385. The zero-order valence-corrected chi connectivity index (χ0v) is 11.2. The number of rotatable bonds is 3. The summed E-state index contributed by atoms with van der Waals surface area (Å²) in [5, 5.41) is 2.92. The van der Waals surface area contributed by atoms with Gasteiger partial charge in [-0.1, -0.05) is 11.6 Å². The number of carbonyl (C=O) groups is 2. The van der Waals surface area contributed by atoms with Crippen molar-refractivity contribution in [1.29, 1.82) is 0 Å². The average Bonchev–Trinajstić information content (AvgIpc) is 2.92. The summed E-state index contributed by atoms with van der Waals surface area (Å²) >= 11 is 5.84. The van der Waals surface area contributed by atoms with Crippen LogP contribution in [-0.4, -0.2) is 36.3 Å². The molecule has 3 N–H and O–H groups in total. The Morgan fingerprint density at radius 2 is 2.00 bits per heavy atom. The number of carbonyl (C=O) groups excluding carboxylic acids is 2. The van der Waals surface area contributed by atoms with Gasteiger partial charge in [-0.2, -0.15) is 0 Å². The SMILES string of the molecule is Nc1ccc(C(=O)NCC(=O)N2CCCC2)cc1Cl. The zero-order valence-electron chi connectivity index (χ0n) is 10.5. The van der Waals surface area contributed by atoms with Crippen LogP contribution in [0.5, 0.6) is 0 Å². The van der Waals surface area contributed by atoms with Crippen LogP contribution < -0.4 is 11.1 Å². The summed E-state index contributed by atoms with van der Waals surface area (Å²) < 4.78 is 0. The standard InChI is InChI=1S/C13H16ClN3O2/c14-10-7-9(3-4-11(10)15)13(19)16-8-12(18)17-5-1-2-6-17/h3-4,7H,1-2,5-6,8,15H2,(H,16,19). The molecule has 0 atom stereocenters. The minimum Gasteiger partial charge on any atom is -0.398 e. The predicted octanol–water partition coefficient (Wildman–Crippen LogP) is 1.27. The van der Waals surface area contributed by atoms with E-state index < -0.39 is 0 Å². The second kappa shape index (κ2) is 5.93. The number of nitrogens with two attached hydrogens (primary N) is 1. The lowest BCUT2D eigenvalue weighted by atomic mass is 10.2. The summed E-state index contributed by atoms with van der Waals surface area (Å²) in [6, 6.07) is 4.64. The highest BCUT2D eigenvalue weighted by Gasteiger charge is 2.18. The third-order valence-electron chi connectivity index (χ3n) is 3.12. The molecule has 1 aromatic rings. The number of likely N-dealkylation sites (tertiary alicyclic amines) is 1. The summed E-state index contributed by atoms with van der Waals surface area (Å²) in [5.74, 6) is -0.373. The van der Waals surface area contributed by atoms with Crippen molar-refractivity contribution >= 4 is 29.1 Å². The van der Waals surface area contributed by atoms with Crippen molar-refractivity contribution in [3.05, 3.63) is 28.8 Å². The Labute approximate surface area is 116 Å². The van der Waals surface area contributed by atoms with E-state index in [9.17, 15) is 9.59 Å². The monoisotopic (exact) mass is 281 g/mol. The number of nitrogens with zero attached hydrogens (tertiary/aromatic N) is 1. The van der Waals surface area contributed by atoms with Crippen molar-refractivity contribution in [2.75, 3.05) is 25.4 Å². The molecule has 1 heterocycles. The fourth-order valence-electron chi connectivity index (χ4n) is 2.00. The maximum absolute atomic E-state index is 11.8. The number of hydrogen-bond donors (Lipinski definition) is 2. The molecule has 1 aromatic carbocycles. The largest absolute Gasteiger partial charge is 0.398 e. The van der Waals surface area contributed by atoms with E-state index in [-0.39, 0.29) is 18.4 Å². The molecule has 1 saturated heterocycles. The Bertz CT molecular complexity index is 499. The number of amides is 2. The van der Waals surface area contributed by atoms with E-state index in [0.29, 0.717) is 16.3 Å². The van der Waals surface area contributed by atoms with Crippen LogP contribution in [0.15, 0.2) is 18.2 Å². The van der Waals surface area contributed by atoms with Crippen molar-refractivity contribution in [1.82, 2.24) is 10.2 Å². The first kappa shape index (κ1) is 13.7. The van der Waals surface area contributed by atoms with E-state index in [1.807, 2.05) is 0 Å². The van der Waals surface area contributed by atoms with E-state index in [4.69, 9.17) is 17.3 Å². The van der Waals surface area contributed by atoms with Gasteiger partial charge in [-0.25, -0.2) is 0 Å². The summed E-state index contributed by atoms with van der Waals surface area (Å²) in [5.41, 5.74) is 6.39. The number of anilines is 1. The van der Waals surface area contributed by atoms with Crippen LogP contribution in [0.3, 0.4) is 0 Å². The van der Waals surface area contributed by atoms with Gasteiger partial charge in [-0.15, -0.1) is 0 Å². The molecule has 19 heavy (non-hydrogen) atoms. The van der Waals surface area contributed by atoms with Crippen LogP contribution in [0.1, 0.15) is 23.2 Å². The van der Waals surface area contributed by atoms with E-state index in [1.54, 1.807) is 17.0 Å². The van der Waals surface area contributed by atoms with Gasteiger partial charge in [0.2, 0.25) is 5.91 Å². The highest BCUT2D eigenvalue weighted by molar-refractivity contribution is 6.33. The van der Waals surface area contributed by atoms with Gasteiger partial charge in [0.25, 0.3) is 5.91 Å². The van der Waals surface area contributed by atoms with E-state index in [0.717, 1.165) is 25.9 Å². The number of nitrogen functional groups attached to an aromatic ring is 1. The van der Waals surface area contributed by atoms with E-state index in [2.05, 4.69) is 5.32 Å². The van der Waals surface area contributed by atoms with Crippen molar-refractivity contribution in [2.45, 2.75) is 12.8 Å². The van der Waals surface area contributed by atoms with Gasteiger partial charge in [0.05, 0.1) is 17.3 Å². The lowest BCUT2D eigenvalue weighted by Crippen LogP contribution is -2.38. The van der Waals surface area contributed by atoms with Crippen LogP contribution in [0.25, 0.3) is 0 Å². The van der Waals surface area contributed by atoms with Crippen LogP contribution in [0.4, 0.5) is 5.69 Å². The van der Waals surface area contributed by atoms with Gasteiger partial charge in [-0.3, -0.25) is 9.59 Å².